The largest absolute Gasteiger partial charge is 0.398 e. The van der Waals surface area contributed by atoms with Gasteiger partial charge in [-0.25, -0.2) is 0 Å². The Hall–Kier alpha value is -1.88. The molecule has 0 saturated carbocycles. The lowest BCUT2D eigenvalue weighted by Gasteiger charge is -2.21. The van der Waals surface area contributed by atoms with Gasteiger partial charge in [-0.2, -0.15) is 0 Å². The minimum atomic E-state index is -0.0760. The molecular formula is C14H14BrN3O. The van der Waals surface area contributed by atoms with Crippen LogP contribution >= 0.6 is 15.9 Å². The molecule has 1 amide bonds. The number of carbonyl (C=O) groups excluding carboxylic acids is 1. The van der Waals surface area contributed by atoms with Crippen molar-refractivity contribution in [3.05, 3.63) is 52.8 Å². The van der Waals surface area contributed by atoms with Crippen LogP contribution in [0, 0.1) is 0 Å². The lowest BCUT2D eigenvalue weighted by Crippen LogP contribution is -2.30. The molecule has 0 aliphatic carbocycles. The summed E-state index contributed by atoms with van der Waals surface area (Å²) in [6.45, 7) is 2.51. The third kappa shape index (κ3) is 2.93. The van der Waals surface area contributed by atoms with Crippen molar-refractivity contribution in [3.8, 4) is 0 Å². The van der Waals surface area contributed by atoms with E-state index in [1.165, 1.54) is 0 Å². The van der Waals surface area contributed by atoms with E-state index >= 15 is 0 Å². The summed E-state index contributed by atoms with van der Waals surface area (Å²) < 4.78 is 0.788. The summed E-state index contributed by atoms with van der Waals surface area (Å²) in [6.07, 6.45) is 3.34. The van der Waals surface area contributed by atoms with Gasteiger partial charge < -0.3 is 10.6 Å². The number of amides is 1. The van der Waals surface area contributed by atoms with Crippen LogP contribution in [-0.2, 0) is 0 Å². The molecule has 2 N–H and O–H groups in total. The number of pyridine rings is 1. The van der Waals surface area contributed by atoms with Crippen molar-refractivity contribution >= 4 is 33.2 Å². The van der Waals surface area contributed by atoms with E-state index in [1.54, 1.807) is 35.5 Å². The molecule has 0 spiro atoms. The Kier molecular flexibility index (Phi) is 4.16. The van der Waals surface area contributed by atoms with Crippen molar-refractivity contribution < 1.29 is 4.79 Å². The van der Waals surface area contributed by atoms with E-state index in [-0.39, 0.29) is 5.91 Å². The second-order valence-electron chi connectivity index (χ2n) is 3.99. The van der Waals surface area contributed by atoms with Crippen LogP contribution in [0.4, 0.5) is 11.4 Å². The maximum absolute atomic E-state index is 12.5. The van der Waals surface area contributed by atoms with Crippen molar-refractivity contribution in [2.24, 2.45) is 0 Å². The molecule has 0 bridgehead atoms. The molecule has 0 atom stereocenters. The summed E-state index contributed by atoms with van der Waals surface area (Å²) >= 11 is 3.32. The van der Waals surface area contributed by atoms with Gasteiger partial charge in [0.2, 0.25) is 0 Å². The van der Waals surface area contributed by atoms with E-state index in [9.17, 15) is 4.79 Å². The lowest BCUT2D eigenvalue weighted by molar-refractivity contribution is 0.0988. The number of rotatable bonds is 3. The molecule has 0 unspecified atom stereocenters. The van der Waals surface area contributed by atoms with Crippen LogP contribution in [0.3, 0.4) is 0 Å². The van der Waals surface area contributed by atoms with Gasteiger partial charge in [-0.1, -0.05) is 0 Å². The van der Waals surface area contributed by atoms with E-state index in [2.05, 4.69) is 20.9 Å². The third-order valence-corrected chi connectivity index (χ3v) is 3.50. The molecule has 0 saturated heterocycles. The molecule has 19 heavy (non-hydrogen) atoms. The summed E-state index contributed by atoms with van der Waals surface area (Å²) in [4.78, 5) is 18.1. The first-order chi connectivity index (χ1) is 9.13. The highest BCUT2D eigenvalue weighted by atomic mass is 79.9. The maximum atomic E-state index is 12.5. The first-order valence-electron chi connectivity index (χ1n) is 5.90. The highest BCUT2D eigenvalue weighted by molar-refractivity contribution is 9.10. The fourth-order valence-corrected chi connectivity index (χ4v) is 2.05. The minimum Gasteiger partial charge on any atom is -0.398 e. The van der Waals surface area contributed by atoms with E-state index in [1.807, 2.05) is 19.1 Å². The molecule has 1 aromatic heterocycles. The second-order valence-corrected chi connectivity index (χ2v) is 4.85. The quantitative estimate of drug-likeness (QED) is 0.884. The molecule has 98 valence electrons. The van der Waals surface area contributed by atoms with E-state index in [0.717, 1.165) is 10.2 Å². The Morgan fingerprint density at radius 2 is 2.00 bits per heavy atom. The number of anilines is 2. The Morgan fingerprint density at radius 1 is 1.32 bits per heavy atom. The monoisotopic (exact) mass is 319 g/mol. The minimum absolute atomic E-state index is 0.0760. The third-order valence-electron chi connectivity index (χ3n) is 2.78. The average molecular weight is 320 g/mol. The first kappa shape index (κ1) is 13.5. The Labute approximate surface area is 120 Å². The van der Waals surface area contributed by atoms with Gasteiger partial charge in [0.15, 0.2) is 0 Å². The molecule has 2 aromatic rings. The summed E-state index contributed by atoms with van der Waals surface area (Å²) in [6, 6.07) is 8.83. The number of hydrogen-bond acceptors (Lipinski definition) is 3. The summed E-state index contributed by atoms with van der Waals surface area (Å²) in [7, 11) is 0. The highest BCUT2D eigenvalue weighted by Crippen LogP contribution is 2.22. The van der Waals surface area contributed by atoms with Crippen molar-refractivity contribution in [1.82, 2.24) is 4.98 Å². The molecular weight excluding hydrogens is 306 g/mol. The molecule has 0 fully saturated rings. The van der Waals surface area contributed by atoms with Crippen LogP contribution in [0.25, 0.3) is 0 Å². The normalized spacial score (nSPS) is 10.2. The number of carbonyl (C=O) groups is 1. The summed E-state index contributed by atoms with van der Waals surface area (Å²) in [5.41, 5.74) is 7.76. The lowest BCUT2D eigenvalue weighted by atomic mass is 10.1. The van der Waals surface area contributed by atoms with Crippen molar-refractivity contribution in [2.45, 2.75) is 6.92 Å². The van der Waals surface area contributed by atoms with Crippen LogP contribution in [0.1, 0.15) is 17.3 Å². The smallest absolute Gasteiger partial charge is 0.258 e. The maximum Gasteiger partial charge on any atom is 0.258 e. The molecule has 0 radical (unpaired) electrons. The van der Waals surface area contributed by atoms with Crippen molar-refractivity contribution in [2.75, 3.05) is 17.2 Å². The van der Waals surface area contributed by atoms with Crippen molar-refractivity contribution in [1.29, 1.82) is 0 Å². The Morgan fingerprint density at radius 3 is 2.58 bits per heavy atom. The topological polar surface area (TPSA) is 59.2 Å². The van der Waals surface area contributed by atoms with Gasteiger partial charge in [-0.3, -0.25) is 9.78 Å². The number of nitrogen functional groups attached to an aromatic ring is 1. The van der Waals surface area contributed by atoms with E-state index < -0.39 is 0 Å². The number of nitrogens with zero attached hydrogens (tertiary/aromatic N) is 2. The highest BCUT2D eigenvalue weighted by Gasteiger charge is 2.16. The number of aromatic nitrogens is 1. The number of nitrogens with two attached hydrogens (primary N) is 1. The van der Waals surface area contributed by atoms with Gasteiger partial charge in [0.05, 0.1) is 0 Å². The van der Waals surface area contributed by atoms with E-state index in [0.29, 0.717) is 17.8 Å². The molecule has 2 rings (SSSR count). The Bertz CT molecular complexity index is 586. The molecule has 0 aliphatic rings. The fraction of sp³-hybridized carbons (Fsp3) is 0.143. The summed E-state index contributed by atoms with van der Waals surface area (Å²) in [5.74, 6) is -0.0760. The molecule has 1 heterocycles. The number of benzene rings is 1. The van der Waals surface area contributed by atoms with Crippen LogP contribution in [0.2, 0.25) is 0 Å². The molecule has 0 aliphatic heterocycles. The van der Waals surface area contributed by atoms with Gasteiger partial charge in [0.25, 0.3) is 5.91 Å². The molecule has 5 heteroatoms. The average Bonchev–Trinajstić information content (AvgIpc) is 2.44. The Balaban J connectivity index is 2.33. The van der Waals surface area contributed by atoms with Gasteiger partial charge >= 0.3 is 0 Å². The standard InChI is InChI=1S/C14H14BrN3O/c1-2-18(11-5-7-17-8-6-11)14(19)10-3-4-12(15)13(16)9-10/h3-9H,2,16H2,1H3. The van der Waals surface area contributed by atoms with Crippen LogP contribution in [0.5, 0.6) is 0 Å². The predicted molar refractivity (Wildman–Crippen MR) is 80.1 cm³/mol. The van der Waals surface area contributed by atoms with Gasteiger partial charge in [0.1, 0.15) is 0 Å². The second kappa shape index (κ2) is 5.84. The zero-order chi connectivity index (χ0) is 13.8. The molecule has 4 nitrogen and oxygen atoms in total. The van der Waals surface area contributed by atoms with Crippen LogP contribution in [-0.4, -0.2) is 17.4 Å². The van der Waals surface area contributed by atoms with Crippen LogP contribution < -0.4 is 10.6 Å². The van der Waals surface area contributed by atoms with E-state index in [4.69, 9.17) is 5.73 Å². The predicted octanol–water partition coefficient (Wildman–Crippen LogP) is 3.09. The summed E-state index contributed by atoms with van der Waals surface area (Å²) in [5, 5.41) is 0. The van der Waals surface area contributed by atoms with Gasteiger partial charge in [-0.05, 0) is 53.2 Å². The van der Waals surface area contributed by atoms with Gasteiger partial charge in [0, 0.05) is 40.3 Å². The fourth-order valence-electron chi connectivity index (χ4n) is 1.80. The van der Waals surface area contributed by atoms with Gasteiger partial charge in [-0.15, -0.1) is 0 Å². The zero-order valence-corrected chi connectivity index (χ0v) is 12.1. The SMILES string of the molecule is CCN(C(=O)c1ccc(Br)c(N)c1)c1ccncc1. The molecule has 1 aromatic carbocycles. The first-order valence-corrected chi connectivity index (χ1v) is 6.69. The number of hydrogen-bond donors (Lipinski definition) is 1. The van der Waals surface area contributed by atoms with Crippen LogP contribution in [0.15, 0.2) is 47.2 Å². The number of halogens is 1. The van der Waals surface area contributed by atoms with Crippen molar-refractivity contribution in [3.63, 3.8) is 0 Å². The zero-order valence-electron chi connectivity index (χ0n) is 10.5.